The summed E-state index contributed by atoms with van der Waals surface area (Å²) in [6, 6.07) is 3.93. The van der Waals surface area contributed by atoms with E-state index in [0.29, 0.717) is 30.4 Å². The quantitative estimate of drug-likeness (QED) is 0.757. The van der Waals surface area contributed by atoms with Gasteiger partial charge < -0.3 is 15.4 Å². The topological polar surface area (TPSA) is 50.4 Å². The Balaban J connectivity index is 1.47. The van der Waals surface area contributed by atoms with Crippen molar-refractivity contribution in [2.24, 2.45) is 0 Å². The SMILES string of the molecule is O=C(NC1COCCC1NC1CCCCC1)c1ccc(C(F)(F)F)cc1C1CC1. The molecule has 160 valence electrons. The molecule has 29 heavy (non-hydrogen) atoms. The van der Waals surface area contributed by atoms with Crippen LogP contribution in [-0.4, -0.2) is 37.2 Å². The van der Waals surface area contributed by atoms with E-state index in [4.69, 9.17) is 4.74 Å². The van der Waals surface area contributed by atoms with Crippen LogP contribution in [0.3, 0.4) is 0 Å². The Morgan fingerprint density at radius 2 is 1.76 bits per heavy atom. The molecular weight excluding hydrogens is 381 g/mol. The average Bonchev–Trinajstić information content (AvgIpc) is 3.54. The van der Waals surface area contributed by atoms with E-state index in [-0.39, 0.29) is 23.9 Å². The average molecular weight is 410 g/mol. The van der Waals surface area contributed by atoms with Crippen molar-refractivity contribution in [2.75, 3.05) is 13.2 Å². The summed E-state index contributed by atoms with van der Waals surface area (Å²) in [7, 11) is 0. The minimum atomic E-state index is -4.40. The largest absolute Gasteiger partial charge is 0.416 e. The van der Waals surface area contributed by atoms with Gasteiger partial charge in [0.1, 0.15) is 0 Å². The van der Waals surface area contributed by atoms with E-state index in [1.54, 1.807) is 0 Å². The molecule has 4 nitrogen and oxygen atoms in total. The number of benzene rings is 1. The van der Waals surface area contributed by atoms with Crippen LogP contribution in [0.25, 0.3) is 0 Å². The molecule has 2 aliphatic carbocycles. The third kappa shape index (κ3) is 5.12. The lowest BCUT2D eigenvalue weighted by atomic mass is 9.92. The lowest BCUT2D eigenvalue weighted by molar-refractivity contribution is -0.137. The van der Waals surface area contributed by atoms with Crippen molar-refractivity contribution in [1.29, 1.82) is 0 Å². The highest BCUT2D eigenvalue weighted by atomic mass is 19.4. The standard InChI is InChI=1S/C22H29F3N2O2/c23-22(24,25)15-8-9-17(18(12-15)14-6-7-14)21(28)27-20-13-29-11-10-19(20)26-16-4-2-1-3-5-16/h8-9,12,14,16,19-20,26H,1-7,10-11,13H2,(H,27,28). The van der Waals surface area contributed by atoms with Gasteiger partial charge in [0.2, 0.25) is 0 Å². The van der Waals surface area contributed by atoms with Crippen LogP contribution >= 0.6 is 0 Å². The van der Waals surface area contributed by atoms with Gasteiger partial charge in [-0.05, 0) is 61.8 Å². The van der Waals surface area contributed by atoms with E-state index in [1.807, 2.05) is 0 Å². The number of hydrogen-bond acceptors (Lipinski definition) is 3. The molecule has 2 atom stereocenters. The number of halogens is 3. The molecule has 1 heterocycles. The first-order chi connectivity index (χ1) is 13.9. The van der Waals surface area contributed by atoms with Crippen LogP contribution in [0, 0.1) is 0 Å². The van der Waals surface area contributed by atoms with Gasteiger partial charge in [0, 0.05) is 24.3 Å². The second kappa shape index (κ2) is 8.64. The van der Waals surface area contributed by atoms with E-state index in [9.17, 15) is 18.0 Å². The molecule has 2 unspecified atom stereocenters. The Labute approximate surface area is 169 Å². The first-order valence-corrected chi connectivity index (χ1v) is 10.8. The van der Waals surface area contributed by atoms with Gasteiger partial charge in [0.25, 0.3) is 5.91 Å². The number of carbonyl (C=O) groups is 1. The van der Waals surface area contributed by atoms with E-state index in [0.717, 1.165) is 44.2 Å². The fourth-order valence-corrected chi connectivity index (χ4v) is 4.58. The Morgan fingerprint density at radius 1 is 1.00 bits per heavy atom. The normalized spacial score (nSPS) is 26.3. The van der Waals surface area contributed by atoms with Crippen LogP contribution in [0.4, 0.5) is 13.2 Å². The summed E-state index contributed by atoms with van der Waals surface area (Å²) >= 11 is 0. The van der Waals surface area contributed by atoms with Crippen molar-refractivity contribution in [2.45, 2.75) is 81.6 Å². The Morgan fingerprint density at radius 3 is 2.45 bits per heavy atom. The molecule has 2 saturated carbocycles. The molecule has 0 aromatic heterocycles. The second-order valence-electron chi connectivity index (χ2n) is 8.63. The summed E-state index contributed by atoms with van der Waals surface area (Å²) in [5.41, 5.74) is 0.196. The van der Waals surface area contributed by atoms with Gasteiger partial charge in [-0.25, -0.2) is 0 Å². The van der Waals surface area contributed by atoms with Crippen LogP contribution in [0.2, 0.25) is 0 Å². The smallest absolute Gasteiger partial charge is 0.379 e. The predicted molar refractivity (Wildman–Crippen MR) is 104 cm³/mol. The third-order valence-corrected chi connectivity index (χ3v) is 6.37. The zero-order valence-electron chi connectivity index (χ0n) is 16.6. The van der Waals surface area contributed by atoms with Crippen molar-refractivity contribution in [3.63, 3.8) is 0 Å². The van der Waals surface area contributed by atoms with Crippen LogP contribution < -0.4 is 10.6 Å². The number of amides is 1. The molecule has 0 bridgehead atoms. The molecule has 2 N–H and O–H groups in total. The number of alkyl halides is 3. The van der Waals surface area contributed by atoms with Crippen LogP contribution in [0.5, 0.6) is 0 Å². The Bertz CT molecular complexity index is 727. The highest BCUT2D eigenvalue weighted by molar-refractivity contribution is 5.96. The minimum absolute atomic E-state index is 0.0526. The number of nitrogens with one attached hydrogen (secondary N) is 2. The van der Waals surface area contributed by atoms with Gasteiger partial charge in [-0.15, -0.1) is 0 Å². The van der Waals surface area contributed by atoms with Crippen molar-refractivity contribution in [3.8, 4) is 0 Å². The molecule has 1 aliphatic heterocycles. The maximum Gasteiger partial charge on any atom is 0.416 e. The van der Waals surface area contributed by atoms with Crippen molar-refractivity contribution >= 4 is 5.91 Å². The molecule has 7 heteroatoms. The van der Waals surface area contributed by atoms with Crippen LogP contribution in [0.1, 0.15) is 78.8 Å². The van der Waals surface area contributed by atoms with Gasteiger partial charge in [0.05, 0.1) is 18.2 Å². The van der Waals surface area contributed by atoms with E-state index in [1.165, 1.54) is 25.3 Å². The van der Waals surface area contributed by atoms with E-state index in [2.05, 4.69) is 10.6 Å². The minimum Gasteiger partial charge on any atom is -0.379 e. The van der Waals surface area contributed by atoms with Crippen LogP contribution in [0.15, 0.2) is 18.2 Å². The monoisotopic (exact) mass is 410 g/mol. The number of rotatable bonds is 5. The van der Waals surface area contributed by atoms with Gasteiger partial charge in [-0.1, -0.05) is 19.3 Å². The molecule has 1 aromatic carbocycles. The first-order valence-electron chi connectivity index (χ1n) is 10.8. The van der Waals surface area contributed by atoms with Crippen molar-refractivity contribution in [3.05, 3.63) is 34.9 Å². The summed E-state index contributed by atoms with van der Waals surface area (Å²) in [6.45, 7) is 1.08. The zero-order chi connectivity index (χ0) is 20.4. The first kappa shape index (κ1) is 20.7. The molecule has 3 aliphatic rings. The van der Waals surface area contributed by atoms with Crippen molar-refractivity contribution in [1.82, 2.24) is 10.6 Å². The molecular formula is C22H29F3N2O2. The molecule has 3 fully saturated rings. The Hall–Kier alpha value is -1.60. The number of ether oxygens (including phenoxy) is 1. The van der Waals surface area contributed by atoms with E-state index < -0.39 is 11.7 Å². The van der Waals surface area contributed by atoms with E-state index >= 15 is 0 Å². The maximum absolute atomic E-state index is 13.1. The molecule has 1 aromatic rings. The van der Waals surface area contributed by atoms with Gasteiger partial charge >= 0.3 is 6.18 Å². The summed E-state index contributed by atoms with van der Waals surface area (Å²) in [6.07, 6.45) is 4.15. The highest BCUT2D eigenvalue weighted by Crippen LogP contribution is 2.43. The molecule has 1 saturated heterocycles. The van der Waals surface area contributed by atoms with Gasteiger partial charge in [-0.3, -0.25) is 4.79 Å². The summed E-state index contributed by atoms with van der Waals surface area (Å²) in [5, 5.41) is 6.75. The Kier molecular flexibility index (Phi) is 6.16. The molecule has 1 amide bonds. The second-order valence-corrected chi connectivity index (χ2v) is 8.63. The number of carbonyl (C=O) groups excluding carboxylic acids is 1. The lowest BCUT2D eigenvalue weighted by Crippen LogP contribution is -2.57. The molecule has 0 spiro atoms. The zero-order valence-corrected chi connectivity index (χ0v) is 16.6. The maximum atomic E-state index is 13.1. The summed E-state index contributed by atoms with van der Waals surface area (Å²) < 4.78 is 44.9. The fourth-order valence-electron chi connectivity index (χ4n) is 4.58. The third-order valence-electron chi connectivity index (χ3n) is 6.37. The molecule has 4 rings (SSSR count). The van der Waals surface area contributed by atoms with Gasteiger partial charge in [-0.2, -0.15) is 13.2 Å². The van der Waals surface area contributed by atoms with Crippen molar-refractivity contribution < 1.29 is 22.7 Å². The fraction of sp³-hybridized carbons (Fsp3) is 0.682. The van der Waals surface area contributed by atoms with Crippen LogP contribution in [-0.2, 0) is 10.9 Å². The highest BCUT2D eigenvalue weighted by Gasteiger charge is 2.36. The predicted octanol–water partition coefficient (Wildman–Crippen LogP) is 4.39. The lowest BCUT2D eigenvalue weighted by Gasteiger charge is -2.36. The molecule has 0 radical (unpaired) electrons. The number of hydrogen-bond donors (Lipinski definition) is 2. The summed E-state index contributed by atoms with van der Waals surface area (Å²) in [5.74, 6) is -0.247. The van der Waals surface area contributed by atoms with Gasteiger partial charge in [0.15, 0.2) is 0 Å². The summed E-state index contributed by atoms with van der Waals surface area (Å²) in [4.78, 5) is 13.0.